The quantitative estimate of drug-likeness (QED) is 0.553. The van der Waals surface area contributed by atoms with Crippen molar-refractivity contribution in [3.05, 3.63) is 42.2 Å². The highest BCUT2D eigenvalue weighted by Crippen LogP contribution is 2.15. The Morgan fingerprint density at radius 1 is 1.33 bits per heavy atom. The van der Waals surface area contributed by atoms with Crippen LogP contribution in [0.4, 0.5) is 0 Å². The summed E-state index contributed by atoms with van der Waals surface area (Å²) in [7, 11) is 0. The van der Waals surface area contributed by atoms with Gasteiger partial charge in [-0.15, -0.1) is 16.9 Å². The Kier molecular flexibility index (Phi) is 6.23. The average molecular weight is 305 g/mol. The Hall–Kier alpha value is -1.86. The highest BCUT2D eigenvalue weighted by molar-refractivity contribution is 7.99. The van der Waals surface area contributed by atoms with Crippen molar-refractivity contribution in [3.63, 3.8) is 0 Å². The molecule has 1 amide bonds. The van der Waals surface area contributed by atoms with Crippen LogP contribution in [0.1, 0.15) is 5.69 Å². The predicted octanol–water partition coefficient (Wildman–Crippen LogP) is 0.688. The number of hydrogen-bond acceptors (Lipinski definition) is 5. The van der Waals surface area contributed by atoms with Crippen molar-refractivity contribution in [3.8, 4) is 0 Å². The van der Waals surface area contributed by atoms with E-state index in [1.165, 1.54) is 9.58 Å². The van der Waals surface area contributed by atoms with E-state index in [0.29, 0.717) is 19.5 Å². The van der Waals surface area contributed by atoms with Crippen molar-refractivity contribution < 1.29 is 4.79 Å². The Morgan fingerprint density at radius 3 is 2.90 bits per heavy atom. The molecule has 0 saturated carbocycles. The molecule has 0 saturated heterocycles. The summed E-state index contributed by atoms with van der Waals surface area (Å²) in [6.45, 7) is 1.35. The molecule has 7 heteroatoms. The maximum absolute atomic E-state index is 11.8. The molecule has 0 aliphatic carbocycles. The lowest BCUT2D eigenvalue weighted by Gasteiger charge is -2.05. The lowest BCUT2D eigenvalue weighted by Crippen LogP contribution is -2.29. The van der Waals surface area contributed by atoms with Crippen molar-refractivity contribution in [1.82, 2.24) is 20.3 Å². The van der Waals surface area contributed by atoms with Gasteiger partial charge >= 0.3 is 0 Å². The van der Waals surface area contributed by atoms with Crippen LogP contribution in [-0.4, -0.2) is 39.7 Å². The monoisotopic (exact) mass is 305 g/mol. The first-order valence-corrected chi connectivity index (χ1v) is 7.80. The third-order valence-corrected chi connectivity index (χ3v) is 3.74. The van der Waals surface area contributed by atoms with E-state index < -0.39 is 0 Å². The zero-order valence-corrected chi connectivity index (χ0v) is 12.6. The molecule has 112 valence electrons. The van der Waals surface area contributed by atoms with E-state index in [0.717, 1.165) is 11.4 Å². The molecule has 2 rings (SSSR count). The van der Waals surface area contributed by atoms with Crippen LogP contribution in [0.2, 0.25) is 0 Å². The smallest absolute Gasteiger partial charge is 0.241 e. The van der Waals surface area contributed by atoms with Crippen LogP contribution in [0.3, 0.4) is 0 Å². The highest BCUT2D eigenvalue weighted by atomic mass is 32.2. The van der Waals surface area contributed by atoms with E-state index in [2.05, 4.69) is 27.8 Å². The lowest BCUT2D eigenvalue weighted by atomic mass is 10.3. The summed E-state index contributed by atoms with van der Waals surface area (Å²) < 4.78 is 1.53. The maximum Gasteiger partial charge on any atom is 0.241 e. The number of benzene rings is 1. The van der Waals surface area contributed by atoms with Crippen LogP contribution in [-0.2, 0) is 17.8 Å². The predicted molar refractivity (Wildman–Crippen MR) is 83.0 cm³/mol. The Balaban J connectivity index is 1.65. The molecule has 2 aromatic rings. The number of carbonyl (C=O) groups excluding carboxylic acids is 1. The van der Waals surface area contributed by atoms with Gasteiger partial charge in [-0.25, -0.2) is 4.68 Å². The SMILES string of the molecule is NCCc1cn(CC(=O)NCCSc2ccccc2)nn1. The van der Waals surface area contributed by atoms with Crippen LogP contribution in [0.15, 0.2) is 41.4 Å². The summed E-state index contributed by atoms with van der Waals surface area (Å²) in [5.74, 6) is 0.777. The zero-order chi connectivity index (χ0) is 14.9. The molecule has 1 aromatic carbocycles. The van der Waals surface area contributed by atoms with E-state index in [-0.39, 0.29) is 12.5 Å². The summed E-state index contributed by atoms with van der Waals surface area (Å²) in [6, 6.07) is 10.1. The molecule has 0 fully saturated rings. The van der Waals surface area contributed by atoms with Crippen molar-refractivity contribution in [1.29, 1.82) is 0 Å². The van der Waals surface area contributed by atoms with Gasteiger partial charge < -0.3 is 11.1 Å². The molecule has 0 radical (unpaired) electrons. The summed E-state index contributed by atoms with van der Waals surface area (Å²) in [5.41, 5.74) is 6.25. The fraction of sp³-hybridized carbons (Fsp3) is 0.357. The number of hydrogen-bond donors (Lipinski definition) is 2. The molecule has 0 spiro atoms. The second-order valence-electron chi connectivity index (χ2n) is 4.46. The topological polar surface area (TPSA) is 85.8 Å². The third kappa shape index (κ3) is 5.57. The molecule has 1 aromatic heterocycles. The van der Waals surface area contributed by atoms with Gasteiger partial charge in [0.15, 0.2) is 0 Å². The number of nitrogens with one attached hydrogen (secondary N) is 1. The van der Waals surface area contributed by atoms with Crippen LogP contribution in [0.5, 0.6) is 0 Å². The summed E-state index contributed by atoms with van der Waals surface area (Å²) >= 11 is 1.72. The molecule has 0 aliphatic rings. The second kappa shape index (κ2) is 8.43. The van der Waals surface area contributed by atoms with E-state index in [4.69, 9.17) is 5.73 Å². The van der Waals surface area contributed by atoms with Crippen molar-refractivity contribution in [2.24, 2.45) is 5.73 Å². The van der Waals surface area contributed by atoms with Gasteiger partial charge in [-0.1, -0.05) is 23.4 Å². The first-order valence-electron chi connectivity index (χ1n) is 6.81. The zero-order valence-electron chi connectivity index (χ0n) is 11.7. The van der Waals surface area contributed by atoms with Crippen molar-refractivity contribution >= 4 is 17.7 Å². The van der Waals surface area contributed by atoms with Crippen LogP contribution in [0.25, 0.3) is 0 Å². The molecule has 21 heavy (non-hydrogen) atoms. The Labute approximate surface area is 128 Å². The normalized spacial score (nSPS) is 10.5. The molecule has 6 nitrogen and oxygen atoms in total. The summed E-state index contributed by atoms with van der Waals surface area (Å²) in [6.07, 6.45) is 2.43. The third-order valence-electron chi connectivity index (χ3n) is 2.73. The molecule has 0 bridgehead atoms. The minimum absolute atomic E-state index is 0.0622. The second-order valence-corrected chi connectivity index (χ2v) is 5.63. The van der Waals surface area contributed by atoms with Gasteiger partial charge in [0.2, 0.25) is 5.91 Å². The molecular formula is C14H19N5OS. The number of amides is 1. The van der Waals surface area contributed by atoms with Gasteiger partial charge in [0.1, 0.15) is 6.54 Å². The van der Waals surface area contributed by atoms with Gasteiger partial charge in [-0.2, -0.15) is 0 Å². The fourth-order valence-electron chi connectivity index (χ4n) is 1.76. The lowest BCUT2D eigenvalue weighted by molar-refractivity contribution is -0.121. The molecule has 1 heterocycles. The Bertz CT molecular complexity index is 558. The number of nitrogens with zero attached hydrogens (tertiary/aromatic N) is 3. The summed E-state index contributed by atoms with van der Waals surface area (Å²) in [4.78, 5) is 13.0. The largest absolute Gasteiger partial charge is 0.354 e. The van der Waals surface area contributed by atoms with Gasteiger partial charge in [0.25, 0.3) is 0 Å². The fourth-order valence-corrected chi connectivity index (χ4v) is 2.55. The van der Waals surface area contributed by atoms with Gasteiger partial charge in [0.05, 0.1) is 5.69 Å². The minimum Gasteiger partial charge on any atom is -0.354 e. The highest BCUT2D eigenvalue weighted by Gasteiger charge is 2.05. The van der Waals surface area contributed by atoms with E-state index in [9.17, 15) is 4.79 Å². The molecule has 3 N–H and O–H groups in total. The first kappa shape index (κ1) is 15.5. The van der Waals surface area contributed by atoms with Crippen molar-refractivity contribution in [2.45, 2.75) is 17.9 Å². The van der Waals surface area contributed by atoms with Gasteiger partial charge in [-0.05, 0) is 18.7 Å². The number of nitrogens with two attached hydrogens (primary N) is 1. The van der Waals surface area contributed by atoms with E-state index >= 15 is 0 Å². The number of thioether (sulfide) groups is 1. The average Bonchev–Trinajstić information content (AvgIpc) is 2.92. The van der Waals surface area contributed by atoms with Gasteiger partial charge in [-0.3, -0.25) is 4.79 Å². The van der Waals surface area contributed by atoms with Gasteiger partial charge in [0, 0.05) is 29.8 Å². The number of carbonyl (C=O) groups is 1. The molecule has 0 unspecified atom stereocenters. The van der Waals surface area contributed by atoms with Crippen LogP contribution < -0.4 is 11.1 Å². The molecular weight excluding hydrogens is 286 g/mol. The number of aromatic nitrogens is 3. The first-order chi connectivity index (χ1) is 10.3. The standard InChI is InChI=1S/C14H19N5OS/c15-7-6-12-10-19(18-17-12)11-14(20)16-8-9-21-13-4-2-1-3-5-13/h1-5,10H,6-9,11,15H2,(H,16,20). The van der Waals surface area contributed by atoms with Crippen LogP contribution >= 0.6 is 11.8 Å². The van der Waals surface area contributed by atoms with E-state index in [1.807, 2.05) is 18.2 Å². The summed E-state index contributed by atoms with van der Waals surface area (Å²) in [5, 5.41) is 10.7. The van der Waals surface area contributed by atoms with Crippen LogP contribution in [0, 0.1) is 0 Å². The van der Waals surface area contributed by atoms with Crippen molar-refractivity contribution in [2.75, 3.05) is 18.8 Å². The maximum atomic E-state index is 11.8. The van der Waals surface area contributed by atoms with E-state index in [1.54, 1.807) is 18.0 Å². The molecule has 0 atom stereocenters. The molecule has 0 aliphatic heterocycles. The minimum atomic E-state index is -0.0622. The number of rotatable bonds is 8. The Morgan fingerprint density at radius 2 is 2.14 bits per heavy atom.